The van der Waals surface area contributed by atoms with Crippen LogP contribution in [0.3, 0.4) is 0 Å². The number of aliphatic hydroxyl groups excluding tert-OH is 1. The first-order valence-electron chi connectivity index (χ1n) is 10.4. The highest BCUT2D eigenvalue weighted by atomic mass is 16.5. The Hall–Kier alpha value is -1.42. The molecular weight excluding hydrogens is 340 g/mol. The topological polar surface area (TPSA) is 63.6 Å². The summed E-state index contributed by atoms with van der Waals surface area (Å²) in [6.45, 7) is 6.86. The monoisotopic (exact) mass is 378 g/mol. The van der Waals surface area contributed by atoms with Crippen LogP contribution in [0.2, 0.25) is 0 Å². The van der Waals surface area contributed by atoms with E-state index in [2.05, 4.69) is 37.7 Å². The molecule has 3 atom stereocenters. The Morgan fingerprint density at radius 2 is 2.07 bits per heavy atom. The third kappa shape index (κ3) is 8.87. The highest BCUT2D eigenvalue weighted by Crippen LogP contribution is 2.34. The minimum atomic E-state index is -1.07. The Balaban J connectivity index is 2.44. The van der Waals surface area contributed by atoms with Crippen LogP contribution in [0.15, 0.2) is 24.3 Å². The van der Waals surface area contributed by atoms with Crippen molar-refractivity contribution in [2.75, 3.05) is 7.11 Å². The van der Waals surface area contributed by atoms with Crippen LogP contribution < -0.4 is 0 Å². The van der Waals surface area contributed by atoms with Gasteiger partial charge in [0, 0.05) is 12.3 Å². The maximum Gasteiger partial charge on any atom is 0.334 e. The summed E-state index contributed by atoms with van der Waals surface area (Å²) in [6, 6.07) is 0. The number of Topliss-reactive ketones (excluding diaryl/α,β-unsaturated/α-hetero) is 1. The summed E-state index contributed by atoms with van der Waals surface area (Å²) in [7, 11) is 1.27. The van der Waals surface area contributed by atoms with Crippen molar-refractivity contribution in [1.82, 2.24) is 0 Å². The molecule has 1 unspecified atom stereocenters. The molecule has 1 fully saturated rings. The van der Waals surface area contributed by atoms with Gasteiger partial charge in [-0.25, -0.2) is 4.79 Å². The molecule has 0 amide bonds. The summed E-state index contributed by atoms with van der Waals surface area (Å²) in [5, 5.41) is 9.56. The number of esters is 1. The maximum atomic E-state index is 12.2. The Kier molecular flexibility index (Phi) is 10.6. The summed E-state index contributed by atoms with van der Waals surface area (Å²) in [5.41, 5.74) is 0.324. The molecule has 0 saturated heterocycles. The summed E-state index contributed by atoms with van der Waals surface area (Å²) >= 11 is 0. The lowest BCUT2D eigenvalue weighted by atomic mass is 9.83. The van der Waals surface area contributed by atoms with Gasteiger partial charge in [-0.3, -0.25) is 4.79 Å². The average molecular weight is 379 g/mol. The molecule has 1 aliphatic rings. The van der Waals surface area contributed by atoms with E-state index < -0.39 is 12.1 Å². The van der Waals surface area contributed by atoms with Gasteiger partial charge in [0.05, 0.1) is 7.11 Å². The zero-order valence-corrected chi connectivity index (χ0v) is 17.6. The number of carbonyl (C=O) groups excluding carboxylic acids is 2. The van der Waals surface area contributed by atoms with Gasteiger partial charge in [-0.15, -0.1) is 0 Å². The van der Waals surface area contributed by atoms with E-state index in [0.29, 0.717) is 36.4 Å². The molecule has 1 N–H and O–H groups in total. The highest BCUT2D eigenvalue weighted by Gasteiger charge is 2.31. The van der Waals surface area contributed by atoms with E-state index in [1.165, 1.54) is 26.4 Å². The van der Waals surface area contributed by atoms with Crippen molar-refractivity contribution in [3.8, 4) is 0 Å². The molecule has 0 radical (unpaired) electrons. The molecule has 1 aliphatic carbocycles. The van der Waals surface area contributed by atoms with E-state index in [1.54, 1.807) is 0 Å². The predicted octanol–water partition coefficient (Wildman–Crippen LogP) is 5.00. The lowest BCUT2D eigenvalue weighted by Gasteiger charge is -2.23. The van der Waals surface area contributed by atoms with E-state index in [4.69, 9.17) is 0 Å². The molecule has 154 valence electrons. The van der Waals surface area contributed by atoms with Gasteiger partial charge < -0.3 is 9.84 Å². The quantitative estimate of drug-likeness (QED) is 0.383. The molecule has 0 aromatic heterocycles. The predicted molar refractivity (Wildman–Crippen MR) is 109 cm³/mol. The van der Waals surface area contributed by atoms with Crippen LogP contribution in [0.4, 0.5) is 0 Å². The van der Waals surface area contributed by atoms with Crippen LogP contribution in [0, 0.1) is 17.3 Å². The second-order valence-electron chi connectivity index (χ2n) is 8.50. The molecule has 0 aliphatic heterocycles. The maximum absolute atomic E-state index is 12.2. The second-order valence-corrected chi connectivity index (χ2v) is 8.50. The van der Waals surface area contributed by atoms with Crippen molar-refractivity contribution in [2.45, 2.75) is 84.7 Å². The Labute approximate surface area is 165 Å². The van der Waals surface area contributed by atoms with Gasteiger partial charge in [0.1, 0.15) is 5.78 Å². The number of unbranched alkanes of at least 4 members (excludes halogenated alkanes) is 1. The van der Waals surface area contributed by atoms with Crippen molar-refractivity contribution in [2.24, 2.45) is 17.3 Å². The summed E-state index contributed by atoms with van der Waals surface area (Å²) in [5.74, 6) is 0.169. The lowest BCUT2D eigenvalue weighted by Crippen LogP contribution is -2.21. The first kappa shape index (κ1) is 23.6. The normalized spacial score (nSPS) is 22.0. The van der Waals surface area contributed by atoms with E-state index in [9.17, 15) is 14.7 Å². The van der Waals surface area contributed by atoms with Crippen LogP contribution in [0.25, 0.3) is 0 Å². The number of allylic oxidation sites excluding steroid dienone is 4. The van der Waals surface area contributed by atoms with Crippen LogP contribution in [0.1, 0.15) is 78.6 Å². The highest BCUT2D eigenvalue weighted by molar-refractivity contribution is 5.83. The number of carbonyl (C=O) groups is 2. The zero-order valence-electron chi connectivity index (χ0n) is 17.6. The van der Waals surface area contributed by atoms with E-state index in [-0.39, 0.29) is 5.92 Å². The molecule has 4 nitrogen and oxygen atoms in total. The van der Waals surface area contributed by atoms with E-state index >= 15 is 0 Å². The van der Waals surface area contributed by atoms with Gasteiger partial charge >= 0.3 is 5.97 Å². The fraction of sp³-hybridized carbons (Fsp3) is 0.739. The summed E-state index contributed by atoms with van der Waals surface area (Å²) in [4.78, 5) is 23.4. The molecule has 0 heterocycles. The summed E-state index contributed by atoms with van der Waals surface area (Å²) in [6.07, 6.45) is 15.5. The number of hydrogen-bond acceptors (Lipinski definition) is 4. The molecule has 27 heavy (non-hydrogen) atoms. The van der Waals surface area contributed by atoms with Gasteiger partial charge in [0.15, 0.2) is 6.10 Å². The van der Waals surface area contributed by atoms with Crippen LogP contribution in [0.5, 0.6) is 0 Å². The smallest absolute Gasteiger partial charge is 0.334 e. The minimum Gasteiger partial charge on any atom is -0.467 e. The number of rotatable bonds is 12. The lowest BCUT2D eigenvalue weighted by molar-refractivity contribution is -0.150. The van der Waals surface area contributed by atoms with Crippen LogP contribution in [-0.2, 0) is 14.3 Å². The van der Waals surface area contributed by atoms with Crippen molar-refractivity contribution in [3.63, 3.8) is 0 Å². The Bertz CT molecular complexity index is 518. The largest absolute Gasteiger partial charge is 0.467 e. The molecule has 0 aromatic carbocycles. The third-order valence-electron chi connectivity index (χ3n) is 5.55. The zero-order chi connectivity index (χ0) is 20.3. The average Bonchev–Trinajstić information content (AvgIpc) is 2.98. The number of hydrogen-bond donors (Lipinski definition) is 1. The minimum absolute atomic E-state index is 0.0711. The first-order valence-corrected chi connectivity index (χ1v) is 10.4. The van der Waals surface area contributed by atoms with Crippen molar-refractivity contribution < 1.29 is 19.4 Å². The Morgan fingerprint density at radius 1 is 1.33 bits per heavy atom. The standard InChI is InChI=1S/C23H38O4/c1-5-6-16-23(2,3)17-10-11-18-14-15-20(24)19(18)12-8-7-9-13-21(25)22(26)27-4/h7-8,10-11,18-19,21,25H,5-6,9,12-17H2,1-4H3/t18-,19+,21?/m0/s1. The molecule has 0 spiro atoms. The van der Waals surface area contributed by atoms with Gasteiger partial charge in [-0.05, 0) is 49.9 Å². The molecule has 0 aromatic rings. The van der Waals surface area contributed by atoms with Gasteiger partial charge in [0.25, 0.3) is 0 Å². The van der Waals surface area contributed by atoms with Gasteiger partial charge in [-0.2, -0.15) is 0 Å². The van der Waals surface area contributed by atoms with Crippen LogP contribution in [-0.4, -0.2) is 30.1 Å². The van der Waals surface area contributed by atoms with Crippen molar-refractivity contribution >= 4 is 11.8 Å². The Morgan fingerprint density at radius 3 is 2.74 bits per heavy atom. The van der Waals surface area contributed by atoms with Crippen molar-refractivity contribution in [1.29, 1.82) is 0 Å². The first-order chi connectivity index (χ1) is 12.8. The SMILES string of the molecule is CCCCC(C)(C)CC=C[C@H]1CCC(=O)[C@@H]1CC=CCCC(O)C(=O)OC. The van der Waals surface area contributed by atoms with Gasteiger partial charge in [0.2, 0.25) is 0 Å². The fourth-order valence-corrected chi connectivity index (χ4v) is 3.66. The molecule has 0 bridgehead atoms. The number of ketones is 1. The molecular formula is C23H38O4. The number of methoxy groups -OCH3 is 1. The third-order valence-corrected chi connectivity index (χ3v) is 5.55. The van der Waals surface area contributed by atoms with E-state index in [1.807, 2.05) is 12.2 Å². The molecule has 1 rings (SSSR count). The van der Waals surface area contributed by atoms with E-state index in [0.717, 1.165) is 19.3 Å². The summed E-state index contributed by atoms with van der Waals surface area (Å²) < 4.78 is 4.50. The van der Waals surface area contributed by atoms with Gasteiger partial charge in [-0.1, -0.05) is 57.9 Å². The number of ether oxygens (including phenoxy) is 1. The van der Waals surface area contributed by atoms with Crippen molar-refractivity contribution in [3.05, 3.63) is 24.3 Å². The second kappa shape index (κ2) is 12.1. The fourth-order valence-electron chi connectivity index (χ4n) is 3.66. The molecule has 1 saturated carbocycles. The van der Waals surface area contributed by atoms with Crippen LogP contribution >= 0.6 is 0 Å². The number of aliphatic hydroxyl groups is 1. The molecule has 4 heteroatoms.